The molecule has 1 saturated carbocycles. The van der Waals surface area contributed by atoms with Gasteiger partial charge in [-0.15, -0.1) is 0 Å². The molecule has 150 valence electrons. The highest BCUT2D eigenvalue weighted by atomic mass is 16.4. The summed E-state index contributed by atoms with van der Waals surface area (Å²) in [6.07, 6.45) is 3.92. The molecule has 1 spiro atoms. The summed E-state index contributed by atoms with van der Waals surface area (Å²) in [4.78, 5) is 40.3. The lowest BCUT2D eigenvalue weighted by molar-refractivity contribution is -0.140. The van der Waals surface area contributed by atoms with Crippen molar-refractivity contribution in [3.05, 3.63) is 30.3 Å². The number of urea groups is 1. The SMILES string of the molecule is O=C(O)C1CC12CCN(C(=O)C1CCCN(C(=O)Nc3ccccc3)C1)CC2. The van der Waals surface area contributed by atoms with Gasteiger partial charge in [0.2, 0.25) is 5.91 Å². The maximum atomic E-state index is 13.0. The molecule has 3 aliphatic rings. The van der Waals surface area contributed by atoms with Crippen molar-refractivity contribution in [1.82, 2.24) is 9.80 Å². The highest BCUT2D eigenvalue weighted by molar-refractivity contribution is 5.90. The summed E-state index contributed by atoms with van der Waals surface area (Å²) >= 11 is 0. The number of hydrogen-bond donors (Lipinski definition) is 2. The van der Waals surface area contributed by atoms with Crippen molar-refractivity contribution in [3.63, 3.8) is 0 Å². The monoisotopic (exact) mass is 385 g/mol. The van der Waals surface area contributed by atoms with Gasteiger partial charge < -0.3 is 20.2 Å². The smallest absolute Gasteiger partial charge is 0.321 e. The number of likely N-dealkylation sites (tertiary alicyclic amines) is 2. The first-order chi connectivity index (χ1) is 13.5. The average Bonchev–Trinajstić information content (AvgIpc) is 3.42. The maximum absolute atomic E-state index is 13.0. The first kappa shape index (κ1) is 18.8. The summed E-state index contributed by atoms with van der Waals surface area (Å²) < 4.78 is 0. The molecule has 1 aromatic carbocycles. The van der Waals surface area contributed by atoms with Crippen molar-refractivity contribution in [3.8, 4) is 0 Å². The lowest BCUT2D eigenvalue weighted by Crippen LogP contribution is -2.49. The molecule has 28 heavy (non-hydrogen) atoms. The highest BCUT2D eigenvalue weighted by Crippen LogP contribution is 2.59. The largest absolute Gasteiger partial charge is 0.481 e. The van der Waals surface area contributed by atoms with E-state index in [-0.39, 0.29) is 29.2 Å². The molecule has 1 aromatic rings. The van der Waals surface area contributed by atoms with Crippen LogP contribution in [0.2, 0.25) is 0 Å². The first-order valence-corrected chi connectivity index (χ1v) is 10.1. The number of anilines is 1. The van der Waals surface area contributed by atoms with E-state index in [0.717, 1.165) is 37.8 Å². The molecule has 2 atom stereocenters. The number of nitrogens with one attached hydrogen (secondary N) is 1. The third-order valence-corrected chi connectivity index (χ3v) is 6.64. The Kier molecular flexibility index (Phi) is 5.00. The number of carboxylic acid groups (broad SMARTS) is 1. The number of piperidine rings is 2. The number of benzene rings is 1. The molecule has 1 aliphatic carbocycles. The molecule has 2 heterocycles. The number of aliphatic carboxylic acids is 1. The van der Waals surface area contributed by atoms with Gasteiger partial charge >= 0.3 is 12.0 Å². The zero-order valence-electron chi connectivity index (χ0n) is 16.0. The van der Waals surface area contributed by atoms with E-state index in [4.69, 9.17) is 0 Å². The van der Waals surface area contributed by atoms with E-state index >= 15 is 0 Å². The van der Waals surface area contributed by atoms with E-state index in [9.17, 15) is 19.5 Å². The number of amides is 3. The number of carbonyl (C=O) groups is 3. The minimum Gasteiger partial charge on any atom is -0.481 e. The van der Waals surface area contributed by atoms with Gasteiger partial charge in [0.25, 0.3) is 0 Å². The Morgan fingerprint density at radius 1 is 1.04 bits per heavy atom. The zero-order valence-corrected chi connectivity index (χ0v) is 16.0. The fraction of sp³-hybridized carbons (Fsp3) is 0.571. The minimum atomic E-state index is -0.702. The lowest BCUT2D eigenvalue weighted by atomic mass is 9.89. The topological polar surface area (TPSA) is 90.0 Å². The summed E-state index contributed by atoms with van der Waals surface area (Å²) in [5.74, 6) is -0.984. The number of carbonyl (C=O) groups excluding carboxylic acids is 2. The minimum absolute atomic E-state index is 0.0726. The van der Waals surface area contributed by atoms with Crippen LogP contribution in [-0.4, -0.2) is 59.0 Å². The zero-order chi connectivity index (χ0) is 19.7. The molecule has 3 fully saturated rings. The number of carboxylic acids is 1. The van der Waals surface area contributed by atoms with Crippen LogP contribution in [0, 0.1) is 17.3 Å². The molecule has 0 radical (unpaired) electrons. The van der Waals surface area contributed by atoms with Crippen LogP contribution in [0.15, 0.2) is 30.3 Å². The molecule has 2 saturated heterocycles. The Balaban J connectivity index is 1.30. The van der Waals surface area contributed by atoms with Crippen LogP contribution in [0.4, 0.5) is 10.5 Å². The van der Waals surface area contributed by atoms with Crippen LogP contribution in [0.5, 0.6) is 0 Å². The lowest BCUT2D eigenvalue weighted by Gasteiger charge is -2.38. The number of rotatable bonds is 3. The van der Waals surface area contributed by atoms with E-state index in [2.05, 4.69) is 5.32 Å². The van der Waals surface area contributed by atoms with Gasteiger partial charge in [-0.2, -0.15) is 0 Å². The number of hydrogen-bond acceptors (Lipinski definition) is 3. The predicted octanol–water partition coefficient (Wildman–Crippen LogP) is 2.64. The van der Waals surface area contributed by atoms with Crippen LogP contribution in [-0.2, 0) is 9.59 Å². The van der Waals surface area contributed by atoms with Gasteiger partial charge in [-0.3, -0.25) is 9.59 Å². The summed E-state index contributed by atoms with van der Waals surface area (Å²) in [5, 5.41) is 12.1. The van der Waals surface area contributed by atoms with Crippen LogP contribution in [0.3, 0.4) is 0 Å². The standard InChI is InChI=1S/C21H27N3O4/c25-18(23-11-8-21(9-12-23)13-17(21)19(26)27)15-5-4-10-24(14-15)20(28)22-16-6-2-1-3-7-16/h1-3,6-7,15,17H,4-5,8-14H2,(H,22,28)(H,26,27). The average molecular weight is 385 g/mol. The molecule has 2 N–H and O–H groups in total. The fourth-order valence-electron chi connectivity index (χ4n) is 4.77. The Hall–Kier alpha value is -2.57. The summed E-state index contributed by atoms with van der Waals surface area (Å²) in [6, 6.07) is 9.16. The van der Waals surface area contributed by atoms with Crippen LogP contribution in [0.1, 0.15) is 32.1 Å². The van der Waals surface area contributed by atoms with Crippen LogP contribution < -0.4 is 5.32 Å². The van der Waals surface area contributed by atoms with Crippen LogP contribution in [0.25, 0.3) is 0 Å². The molecule has 2 unspecified atom stereocenters. The second-order valence-corrected chi connectivity index (χ2v) is 8.36. The number of nitrogens with zero attached hydrogens (tertiary/aromatic N) is 2. The van der Waals surface area contributed by atoms with Gasteiger partial charge in [0.15, 0.2) is 0 Å². The van der Waals surface area contributed by atoms with E-state index in [1.54, 1.807) is 4.90 Å². The Bertz CT molecular complexity index is 758. The molecule has 2 aliphatic heterocycles. The molecule has 7 nitrogen and oxygen atoms in total. The molecular formula is C21H27N3O4. The summed E-state index contributed by atoms with van der Waals surface area (Å²) in [7, 11) is 0. The molecule has 4 rings (SSSR count). The van der Waals surface area contributed by atoms with Crippen molar-refractivity contribution in [2.75, 3.05) is 31.5 Å². The fourth-order valence-corrected chi connectivity index (χ4v) is 4.77. The van der Waals surface area contributed by atoms with Gasteiger partial charge in [0.1, 0.15) is 0 Å². The molecular weight excluding hydrogens is 358 g/mol. The third-order valence-electron chi connectivity index (χ3n) is 6.64. The van der Waals surface area contributed by atoms with E-state index in [0.29, 0.717) is 26.2 Å². The molecule has 0 bridgehead atoms. The second-order valence-electron chi connectivity index (χ2n) is 8.36. The normalized spacial score (nSPS) is 26.0. The van der Waals surface area contributed by atoms with Gasteiger partial charge in [0, 0.05) is 31.9 Å². The summed E-state index contributed by atoms with van der Waals surface area (Å²) in [6.45, 7) is 2.37. The predicted molar refractivity (Wildman–Crippen MR) is 104 cm³/mol. The van der Waals surface area contributed by atoms with Crippen LogP contribution >= 0.6 is 0 Å². The second kappa shape index (κ2) is 7.45. The van der Waals surface area contributed by atoms with Gasteiger partial charge in [-0.05, 0) is 49.7 Å². The van der Waals surface area contributed by atoms with Crippen molar-refractivity contribution < 1.29 is 19.5 Å². The number of para-hydroxylation sites is 1. The maximum Gasteiger partial charge on any atom is 0.321 e. The molecule has 3 amide bonds. The molecule has 7 heteroatoms. The Labute approximate surface area is 164 Å². The quantitative estimate of drug-likeness (QED) is 0.837. The van der Waals surface area contributed by atoms with Gasteiger partial charge in [-0.1, -0.05) is 18.2 Å². The van der Waals surface area contributed by atoms with E-state index in [1.807, 2.05) is 35.2 Å². The van der Waals surface area contributed by atoms with E-state index < -0.39 is 5.97 Å². The van der Waals surface area contributed by atoms with Gasteiger partial charge in [0.05, 0.1) is 11.8 Å². The van der Waals surface area contributed by atoms with Crippen molar-refractivity contribution in [1.29, 1.82) is 0 Å². The van der Waals surface area contributed by atoms with Crippen molar-refractivity contribution >= 4 is 23.6 Å². The van der Waals surface area contributed by atoms with Crippen molar-refractivity contribution in [2.24, 2.45) is 17.3 Å². The summed E-state index contributed by atoms with van der Waals surface area (Å²) in [5.41, 5.74) is 0.677. The van der Waals surface area contributed by atoms with E-state index in [1.165, 1.54) is 0 Å². The third kappa shape index (κ3) is 3.70. The molecule has 0 aromatic heterocycles. The Morgan fingerprint density at radius 3 is 2.39 bits per heavy atom. The van der Waals surface area contributed by atoms with Crippen molar-refractivity contribution in [2.45, 2.75) is 32.1 Å². The Morgan fingerprint density at radius 2 is 1.75 bits per heavy atom. The first-order valence-electron chi connectivity index (χ1n) is 10.1. The highest BCUT2D eigenvalue weighted by Gasteiger charge is 2.59. The van der Waals surface area contributed by atoms with Gasteiger partial charge in [-0.25, -0.2) is 4.79 Å².